The van der Waals surface area contributed by atoms with Gasteiger partial charge in [-0.1, -0.05) is 74.9 Å². The van der Waals surface area contributed by atoms with Gasteiger partial charge in [0.15, 0.2) is 0 Å². The molecule has 3 amide bonds. The van der Waals surface area contributed by atoms with E-state index in [1.54, 1.807) is 4.68 Å². The van der Waals surface area contributed by atoms with E-state index in [0.29, 0.717) is 17.6 Å². The molecular formula is C38H45N5O2. The number of aryl methyl sites for hydroxylation is 2. The lowest BCUT2D eigenvalue weighted by Gasteiger charge is -2.35. The number of piperidine rings is 1. The number of carbonyl (C=O) groups is 2. The maximum absolute atomic E-state index is 13.3. The van der Waals surface area contributed by atoms with E-state index >= 15 is 0 Å². The summed E-state index contributed by atoms with van der Waals surface area (Å²) in [6.07, 6.45) is 5.77. The summed E-state index contributed by atoms with van der Waals surface area (Å²) in [6.45, 7) is 10.0. The summed E-state index contributed by atoms with van der Waals surface area (Å²) in [6, 6.07) is 26.4. The second kappa shape index (κ2) is 12.9. The number of amides is 3. The second-order valence-corrected chi connectivity index (χ2v) is 13.9. The van der Waals surface area contributed by atoms with Crippen molar-refractivity contribution in [1.29, 1.82) is 0 Å². The zero-order valence-corrected chi connectivity index (χ0v) is 27.0. The summed E-state index contributed by atoms with van der Waals surface area (Å²) in [5.74, 6) is 1.58. The Balaban J connectivity index is 1.04. The molecule has 7 heteroatoms. The highest BCUT2D eigenvalue weighted by Gasteiger charge is 2.31. The third-order valence-electron chi connectivity index (χ3n) is 9.33. The predicted molar refractivity (Wildman–Crippen MR) is 181 cm³/mol. The Morgan fingerprint density at radius 3 is 2.33 bits per heavy atom. The number of nitrogens with one attached hydrogen (secondary N) is 2. The fraction of sp³-hybridized carbons (Fsp3) is 0.395. The van der Waals surface area contributed by atoms with E-state index in [1.165, 1.54) is 22.3 Å². The first-order chi connectivity index (χ1) is 21.6. The molecule has 0 radical (unpaired) electrons. The highest BCUT2D eigenvalue weighted by atomic mass is 16.2. The van der Waals surface area contributed by atoms with Crippen LogP contribution >= 0.6 is 0 Å². The molecule has 2 aliphatic rings. The average Bonchev–Trinajstić information content (AvgIpc) is 3.45. The van der Waals surface area contributed by atoms with Crippen molar-refractivity contribution >= 4 is 23.4 Å². The fourth-order valence-corrected chi connectivity index (χ4v) is 6.63. The predicted octanol–water partition coefficient (Wildman–Crippen LogP) is 7.71. The van der Waals surface area contributed by atoms with Gasteiger partial charge in [0.25, 0.3) is 0 Å². The van der Waals surface area contributed by atoms with Crippen LogP contribution in [-0.2, 0) is 29.5 Å². The average molecular weight is 604 g/mol. The van der Waals surface area contributed by atoms with Crippen LogP contribution in [0.5, 0.6) is 0 Å². The number of hydrogen-bond acceptors (Lipinski definition) is 3. The van der Waals surface area contributed by atoms with E-state index < -0.39 is 0 Å². The van der Waals surface area contributed by atoms with Gasteiger partial charge in [-0.15, -0.1) is 0 Å². The Kier molecular flexibility index (Phi) is 8.79. The molecule has 1 atom stereocenters. The number of urea groups is 1. The van der Waals surface area contributed by atoms with Crippen molar-refractivity contribution in [3.63, 3.8) is 0 Å². The minimum absolute atomic E-state index is 0.112. The molecule has 0 unspecified atom stereocenters. The summed E-state index contributed by atoms with van der Waals surface area (Å²) >= 11 is 0. The molecule has 3 aromatic carbocycles. The van der Waals surface area contributed by atoms with Crippen LogP contribution in [0.15, 0.2) is 78.9 Å². The molecule has 0 saturated carbocycles. The number of carbonyl (C=O) groups excluding carboxylic acids is 2. The van der Waals surface area contributed by atoms with Crippen molar-refractivity contribution in [2.75, 3.05) is 23.7 Å². The molecule has 1 aliphatic heterocycles. The largest absolute Gasteiger partial charge is 0.342 e. The van der Waals surface area contributed by atoms with Crippen molar-refractivity contribution < 1.29 is 9.59 Å². The molecule has 45 heavy (non-hydrogen) atoms. The number of hydrogen-bond donors (Lipinski definition) is 2. The van der Waals surface area contributed by atoms with E-state index in [-0.39, 0.29) is 17.4 Å². The first kappa shape index (κ1) is 30.6. The molecule has 1 saturated heterocycles. The lowest BCUT2D eigenvalue weighted by molar-refractivity contribution is -0.137. The molecule has 2 heterocycles. The molecule has 7 nitrogen and oxygen atoms in total. The molecule has 234 valence electrons. The summed E-state index contributed by atoms with van der Waals surface area (Å²) in [5, 5.41) is 10.9. The van der Waals surface area contributed by atoms with E-state index in [2.05, 4.69) is 79.6 Å². The van der Waals surface area contributed by atoms with Crippen LogP contribution < -0.4 is 10.6 Å². The maximum Gasteiger partial charge on any atom is 0.324 e. The van der Waals surface area contributed by atoms with Crippen molar-refractivity contribution in [2.24, 2.45) is 11.8 Å². The smallest absolute Gasteiger partial charge is 0.324 e. The SMILES string of the molecule is Cc1ccc(-n2nc(C(C)(C)C)cc2NC(=O)Nc2cccc(CC3CCN(C(=O)[C@H]4CCc5ccccc5C4)CC3)c2)cc1. The molecule has 0 bridgehead atoms. The lowest BCUT2D eigenvalue weighted by Crippen LogP contribution is -2.43. The third-order valence-corrected chi connectivity index (χ3v) is 9.33. The van der Waals surface area contributed by atoms with Gasteiger partial charge in [-0.2, -0.15) is 5.10 Å². The van der Waals surface area contributed by atoms with Crippen LogP contribution in [0.2, 0.25) is 0 Å². The van der Waals surface area contributed by atoms with Gasteiger partial charge in [-0.25, -0.2) is 9.48 Å². The van der Waals surface area contributed by atoms with Crippen LogP contribution in [0.1, 0.15) is 68.0 Å². The Morgan fingerprint density at radius 2 is 1.60 bits per heavy atom. The highest BCUT2D eigenvalue weighted by Crippen LogP contribution is 2.30. The zero-order chi connectivity index (χ0) is 31.6. The van der Waals surface area contributed by atoms with Crippen LogP contribution in [-0.4, -0.2) is 39.7 Å². The zero-order valence-electron chi connectivity index (χ0n) is 27.0. The number of benzene rings is 3. The van der Waals surface area contributed by atoms with Crippen molar-refractivity contribution in [3.8, 4) is 5.69 Å². The highest BCUT2D eigenvalue weighted by molar-refractivity contribution is 5.99. The monoisotopic (exact) mass is 603 g/mol. The number of likely N-dealkylation sites (tertiary alicyclic amines) is 1. The number of nitrogens with zero attached hydrogens (tertiary/aromatic N) is 3. The molecular weight excluding hydrogens is 558 g/mol. The van der Waals surface area contributed by atoms with Gasteiger partial charge in [-0.3, -0.25) is 10.1 Å². The normalized spacial score (nSPS) is 17.1. The number of aromatic nitrogens is 2. The fourth-order valence-electron chi connectivity index (χ4n) is 6.63. The van der Waals surface area contributed by atoms with Gasteiger partial charge in [0, 0.05) is 36.2 Å². The third kappa shape index (κ3) is 7.30. The minimum atomic E-state index is -0.307. The minimum Gasteiger partial charge on any atom is -0.342 e. The molecule has 2 N–H and O–H groups in total. The quantitative estimate of drug-likeness (QED) is 0.237. The Bertz CT molecular complexity index is 1660. The Hall–Kier alpha value is -4.39. The molecule has 6 rings (SSSR count). The molecule has 1 aromatic heterocycles. The topological polar surface area (TPSA) is 79.3 Å². The maximum atomic E-state index is 13.3. The van der Waals surface area contributed by atoms with E-state index in [9.17, 15) is 9.59 Å². The van der Waals surface area contributed by atoms with Crippen LogP contribution in [0.25, 0.3) is 5.69 Å². The Labute approximate surface area is 267 Å². The number of rotatable bonds is 6. The van der Waals surface area contributed by atoms with Gasteiger partial charge >= 0.3 is 6.03 Å². The first-order valence-corrected chi connectivity index (χ1v) is 16.3. The van der Waals surface area contributed by atoms with E-state index in [4.69, 9.17) is 5.10 Å². The first-order valence-electron chi connectivity index (χ1n) is 16.3. The van der Waals surface area contributed by atoms with Gasteiger partial charge in [0.05, 0.1) is 11.4 Å². The standard InChI is InChI=1S/C38H45N5O2/c1-26-12-16-33(17-13-26)43-35(25-34(41-43)38(2,3)4)40-37(45)39-32-11-7-8-28(23-32)22-27-18-20-42(21-19-27)36(44)31-15-14-29-9-5-6-10-30(29)24-31/h5-13,16-17,23,25,27,31H,14-15,18-22,24H2,1-4H3,(H2,39,40,45)/t31-/m0/s1. The number of fused-ring (bicyclic) bond motifs is 1. The summed E-state index contributed by atoms with van der Waals surface area (Å²) in [7, 11) is 0. The van der Waals surface area contributed by atoms with Gasteiger partial charge in [-0.05, 0) is 92.3 Å². The van der Waals surface area contributed by atoms with E-state index in [0.717, 1.165) is 68.7 Å². The van der Waals surface area contributed by atoms with Crippen molar-refractivity contribution in [2.45, 2.75) is 71.6 Å². The summed E-state index contributed by atoms with van der Waals surface area (Å²) in [5.41, 5.74) is 7.49. The Morgan fingerprint density at radius 1 is 0.867 bits per heavy atom. The molecule has 1 aliphatic carbocycles. The van der Waals surface area contributed by atoms with Gasteiger partial charge in [0.2, 0.25) is 5.91 Å². The van der Waals surface area contributed by atoms with Gasteiger partial charge in [0.1, 0.15) is 5.82 Å². The molecule has 4 aromatic rings. The van der Waals surface area contributed by atoms with Crippen molar-refractivity contribution in [3.05, 3.63) is 107 Å². The van der Waals surface area contributed by atoms with Crippen LogP contribution in [0.4, 0.5) is 16.3 Å². The van der Waals surface area contributed by atoms with Crippen molar-refractivity contribution in [1.82, 2.24) is 14.7 Å². The molecule has 1 fully saturated rings. The van der Waals surface area contributed by atoms with E-state index in [1.807, 2.05) is 42.5 Å². The summed E-state index contributed by atoms with van der Waals surface area (Å²) in [4.78, 5) is 28.6. The summed E-state index contributed by atoms with van der Waals surface area (Å²) < 4.78 is 1.79. The lowest BCUT2D eigenvalue weighted by atomic mass is 9.82. The van der Waals surface area contributed by atoms with Crippen LogP contribution in [0.3, 0.4) is 0 Å². The molecule has 0 spiro atoms. The number of anilines is 2. The van der Waals surface area contributed by atoms with Crippen LogP contribution in [0, 0.1) is 18.8 Å². The van der Waals surface area contributed by atoms with Gasteiger partial charge < -0.3 is 10.2 Å². The second-order valence-electron chi connectivity index (χ2n) is 13.9.